The fourth-order valence-corrected chi connectivity index (χ4v) is 5.17. The number of aromatic nitrogens is 5. The van der Waals surface area contributed by atoms with E-state index in [2.05, 4.69) is 141 Å². The maximum Gasteiger partial charge on any atom is 0.274 e. The molecule has 0 unspecified atom stereocenters. The zero-order valence-corrected chi connectivity index (χ0v) is 53.9. The highest BCUT2D eigenvalue weighted by molar-refractivity contribution is 5.93. The minimum absolute atomic E-state index is 0.0151. The van der Waals surface area contributed by atoms with Crippen molar-refractivity contribution >= 4 is 11.7 Å². The molecule has 5 rings (SSSR count). The molecular formula is C64H109F4N7O4. The second kappa shape index (κ2) is 48.1. The van der Waals surface area contributed by atoms with E-state index in [-0.39, 0.29) is 34.7 Å². The number of hydrogen-bond donors (Lipinski definition) is 2. The van der Waals surface area contributed by atoms with Crippen LogP contribution in [0.4, 0.5) is 23.4 Å². The van der Waals surface area contributed by atoms with Gasteiger partial charge in [-0.3, -0.25) is 14.8 Å². The van der Waals surface area contributed by atoms with Gasteiger partial charge in [0, 0.05) is 75.9 Å². The van der Waals surface area contributed by atoms with Crippen LogP contribution in [0, 0.1) is 0 Å². The minimum atomic E-state index is -2.93. The molecule has 0 spiro atoms. The SMILES string of the molecule is CC(C)c1cnc(N)c(C(C)(F)F)c1.CC(C)c1cncc(C(C)(F)F)c1.CCC.CCC.CCC.CCC.CCC.CNC(=O)c1cncc(C(C)C)c1.COc1cc(C(C)C)ccn1.COc1cc(C(C)C)cnc1OC. The Hall–Kier alpha value is -5.86. The van der Waals surface area contributed by atoms with E-state index < -0.39 is 11.8 Å². The van der Waals surface area contributed by atoms with Crippen LogP contribution in [0.3, 0.4) is 0 Å². The molecule has 3 N–H and O–H groups in total. The van der Waals surface area contributed by atoms with Gasteiger partial charge in [-0.1, -0.05) is 171 Å². The smallest absolute Gasteiger partial charge is 0.274 e. The van der Waals surface area contributed by atoms with Gasteiger partial charge in [0.2, 0.25) is 5.88 Å². The molecule has 0 bridgehead atoms. The number of nitrogens with zero attached hydrogens (tertiary/aromatic N) is 5. The minimum Gasteiger partial charge on any atom is -0.491 e. The van der Waals surface area contributed by atoms with Crippen LogP contribution in [0.1, 0.15) is 263 Å². The van der Waals surface area contributed by atoms with Crippen molar-refractivity contribution in [1.29, 1.82) is 0 Å². The number of rotatable bonds is 11. The van der Waals surface area contributed by atoms with E-state index in [0.717, 1.165) is 36.1 Å². The molecule has 79 heavy (non-hydrogen) atoms. The Morgan fingerprint density at radius 2 is 0.924 bits per heavy atom. The number of carbonyl (C=O) groups excluding carboxylic acids is 1. The Labute approximate surface area is 478 Å². The van der Waals surface area contributed by atoms with E-state index in [9.17, 15) is 22.4 Å². The Morgan fingerprint density at radius 3 is 1.30 bits per heavy atom. The van der Waals surface area contributed by atoms with Crippen LogP contribution < -0.4 is 25.3 Å². The zero-order chi connectivity index (χ0) is 62.5. The van der Waals surface area contributed by atoms with E-state index in [1.54, 1.807) is 53.2 Å². The average Bonchev–Trinajstić information content (AvgIpc) is 3.39. The zero-order valence-electron chi connectivity index (χ0n) is 53.9. The standard InChI is InChI=1S/C10H14F2N2.C10H13F2N.C10H14N2O.C10H15NO2.C9H13NO.5C3H8/c1-6(2)7-4-8(10(3,11)12)9(13)14-5-7;1-7(2)8-4-9(6-13-5-8)10(3,11)12;1-7(2)8-4-9(6-12-5-8)10(13)11-3;1-7(2)8-5-9(12-3)10(13-4)11-6-8;1-7(2)8-4-5-10-9(6-8)11-3;5*1-3-2/h4-6H,1-3H3,(H2,13,14);4-7H,1-3H3;4-7H,1-3H3,(H,11,13);5-7H,1-4H3;4-7H,1-3H3;5*3H2,1-2H3. The Morgan fingerprint density at radius 1 is 0.519 bits per heavy atom. The lowest BCUT2D eigenvalue weighted by atomic mass is 10.0. The highest BCUT2D eigenvalue weighted by atomic mass is 19.3. The van der Waals surface area contributed by atoms with E-state index in [1.165, 1.54) is 62.2 Å². The van der Waals surface area contributed by atoms with Crippen molar-refractivity contribution in [1.82, 2.24) is 30.2 Å². The lowest BCUT2D eigenvalue weighted by molar-refractivity contribution is 0.0166. The highest BCUT2D eigenvalue weighted by Gasteiger charge is 2.28. The van der Waals surface area contributed by atoms with Crippen molar-refractivity contribution in [3.63, 3.8) is 0 Å². The number of pyridine rings is 5. The van der Waals surface area contributed by atoms with Gasteiger partial charge in [-0.2, -0.15) is 0 Å². The molecule has 0 saturated carbocycles. The van der Waals surface area contributed by atoms with Crippen LogP contribution in [0.2, 0.25) is 0 Å². The number of hydrogen-bond acceptors (Lipinski definition) is 10. The summed E-state index contributed by atoms with van der Waals surface area (Å²) in [5.74, 6) is -2.20. The maximum absolute atomic E-state index is 13.0. The van der Waals surface area contributed by atoms with Crippen molar-refractivity contribution in [2.75, 3.05) is 34.1 Å². The van der Waals surface area contributed by atoms with Gasteiger partial charge in [-0.05, 0) is 87.7 Å². The fraction of sp³-hybridized carbons (Fsp3) is 0.594. The number of halogens is 4. The van der Waals surface area contributed by atoms with Gasteiger partial charge in [0.15, 0.2) is 5.75 Å². The molecule has 5 aromatic heterocycles. The number of methoxy groups -OCH3 is 3. The number of anilines is 1. The molecular weight excluding hydrogens is 1010 g/mol. The van der Waals surface area contributed by atoms with Gasteiger partial charge < -0.3 is 25.3 Å². The molecule has 452 valence electrons. The number of nitrogen functional groups attached to an aromatic ring is 1. The summed E-state index contributed by atoms with van der Waals surface area (Å²) < 4.78 is 67.0. The van der Waals surface area contributed by atoms with Crippen LogP contribution in [-0.2, 0) is 11.8 Å². The number of nitrogens with one attached hydrogen (secondary N) is 1. The van der Waals surface area contributed by atoms with Crippen molar-refractivity contribution in [3.05, 3.63) is 124 Å². The first kappa shape index (κ1) is 82.0. The lowest BCUT2D eigenvalue weighted by Crippen LogP contribution is -2.18. The molecule has 0 aliphatic heterocycles. The molecule has 0 saturated heterocycles. The molecule has 15 heteroatoms. The summed E-state index contributed by atoms with van der Waals surface area (Å²) in [5, 5.41) is 2.57. The molecule has 0 aliphatic rings. The highest BCUT2D eigenvalue weighted by Crippen LogP contribution is 2.33. The predicted molar refractivity (Wildman–Crippen MR) is 328 cm³/mol. The molecule has 0 fully saturated rings. The van der Waals surface area contributed by atoms with Crippen molar-refractivity contribution in [3.8, 4) is 17.5 Å². The number of alkyl halides is 4. The first-order valence-electron chi connectivity index (χ1n) is 28.1. The topological polar surface area (TPSA) is 147 Å². The van der Waals surface area contributed by atoms with Gasteiger partial charge in [-0.25, -0.2) is 32.5 Å². The third kappa shape index (κ3) is 40.0. The quantitative estimate of drug-likeness (QED) is 0.123. The maximum atomic E-state index is 13.0. The average molecular weight is 1120 g/mol. The number of carbonyl (C=O) groups is 1. The number of nitrogens with two attached hydrogens (primary N) is 1. The van der Waals surface area contributed by atoms with Crippen LogP contribution in [0.5, 0.6) is 17.5 Å². The molecule has 0 atom stereocenters. The second-order valence-electron chi connectivity index (χ2n) is 20.0. The summed E-state index contributed by atoms with van der Waals surface area (Å²) >= 11 is 0. The summed E-state index contributed by atoms with van der Waals surface area (Å²) in [6.07, 6.45) is 17.6. The third-order valence-electron chi connectivity index (χ3n) is 9.48. The Balaban J connectivity index is -0.000000271. The largest absolute Gasteiger partial charge is 0.491 e. The van der Waals surface area contributed by atoms with Gasteiger partial charge in [0.25, 0.3) is 23.6 Å². The third-order valence-corrected chi connectivity index (χ3v) is 9.48. The summed E-state index contributed by atoms with van der Waals surface area (Å²) in [7, 11) is 6.44. The number of ether oxygens (including phenoxy) is 3. The van der Waals surface area contributed by atoms with E-state index in [1.807, 2.05) is 58.2 Å². The molecule has 5 heterocycles. The molecule has 0 aliphatic carbocycles. The first-order valence-corrected chi connectivity index (χ1v) is 28.1. The molecule has 5 aromatic rings. The molecule has 0 aromatic carbocycles. The normalized spacial score (nSPS) is 10.1. The monoisotopic (exact) mass is 1120 g/mol. The van der Waals surface area contributed by atoms with Crippen molar-refractivity contribution < 1.29 is 36.6 Å². The first-order chi connectivity index (χ1) is 36.9. The van der Waals surface area contributed by atoms with E-state index >= 15 is 0 Å². The summed E-state index contributed by atoms with van der Waals surface area (Å²) in [6, 6.07) is 10.7. The summed E-state index contributed by atoms with van der Waals surface area (Å²) in [4.78, 5) is 31.0. The van der Waals surface area contributed by atoms with Gasteiger partial charge in [0.05, 0.1) is 32.5 Å². The van der Waals surface area contributed by atoms with Crippen LogP contribution in [-0.4, -0.2) is 59.2 Å². The fourth-order valence-electron chi connectivity index (χ4n) is 5.17. The second-order valence-corrected chi connectivity index (χ2v) is 20.0. The van der Waals surface area contributed by atoms with Crippen LogP contribution in [0.25, 0.3) is 0 Å². The van der Waals surface area contributed by atoms with Gasteiger partial charge in [0.1, 0.15) is 5.82 Å². The predicted octanol–water partition coefficient (Wildman–Crippen LogP) is 19.3. The van der Waals surface area contributed by atoms with Crippen LogP contribution in [0.15, 0.2) is 79.8 Å². The molecule has 1 amide bonds. The molecule has 0 radical (unpaired) electrons. The van der Waals surface area contributed by atoms with E-state index in [4.69, 9.17) is 19.9 Å². The number of amides is 1. The van der Waals surface area contributed by atoms with E-state index in [0.29, 0.717) is 40.8 Å². The van der Waals surface area contributed by atoms with Gasteiger partial charge in [-0.15, -0.1) is 0 Å². The molecule has 11 nitrogen and oxygen atoms in total. The van der Waals surface area contributed by atoms with Crippen molar-refractivity contribution in [2.24, 2.45) is 0 Å². The lowest BCUT2D eigenvalue weighted by Gasteiger charge is -2.15. The summed E-state index contributed by atoms with van der Waals surface area (Å²) in [5.41, 5.74) is 10.9. The van der Waals surface area contributed by atoms with Gasteiger partial charge >= 0.3 is 0 Å². The Kier molecular flexibility index (Phi) is 49.9. The summed E-state index contributed by atoms with van der Waals surface area (Å²) in [6.45, 7) is 43.4. The Bertz CT molecular complexity index is 2240. The van der Waals surface area contributed by atoms with Crippen LogP contribution >= 0.6 is 0 Å². The van der Waals surface area contributed by atoms with Crippen molar-refractivity contribution in [2.45, 2.75) is 226 Å².